The largest absolute Gasteiger partial charge is 0.445 e. The van der Waals surface area contributed by atoms with E-state index >= 15 is 0 Å². The summed E-state index contributed by atoms with van der Waals surface area (Å²) >= 11 is 0. The molecule has 0 aliphatic rings. The van der Waals surface area contributed by atoms with E-state index in [1.165, 1.54) is 0 Å². The first-order chi connectivity index (χ1) is 16.5. The van der Waals surface area contributed by atoms with Gasteiger partial charge in [-0.2, -0.15) is 0 Å². The van der Waals surface area contributed by atoms with E-state index in [-0.39, 0.29) is 25.0 Å². The Bertz CT molecular complexity index is 808. The normalized spacial score (nSPS) is 11.8. The average molecular weight is 493 g/mol. The number of nitrogens with one attached hydrogen (secondary N) is 4. The molecule has 0 aliphatic carbocycles. The number of hydrogen-bond donors (Lipinski definition) is 4. The summed E-state index contributed by atoms with van der Waals surface area (Å²) in [4.78, 5) is 48.3. The molecule has 4 amide bonds. The lowest BCUT2D eigenvalue weighted by Crippen LogP contribution is -2.50. The molecule has 4 N–H and O–H groups in total. The van der Waals surface area contributed by atoms with Gasteiger partial charge in [-0.25, -0.2) is 9.59 Å². The first kappa shape index (κ1) is 29.7. The van der Waals surface area contributed by atoms with Crippen LogP contribution in [0.25, 0.3) is 0 Å². The Morgan fingerprint density at radius 3 is 2.11 bits per heavy atom. The number of carbonyl (C=O) groups is 4. The van der Waals surface area contributed by atoms with Gasteiger partial charge < -0.3 is 30.7 Å². The van der Waals surface area contributed by atoms with Crippen LogP contribution in [0.5, 0.6) is 0 Å². The fourth-order valence-electron chi connectivity index (χ4n) is 2.96. The first-order valence-corrected chi connectivity index (χ1v) is 11.9. The van der Waals surface area contributed by atoms with Crippen molar-refractivity contribution >= 4 is 24.0 Å². The third-order valence-corrected chi connectivity index (χ3v) is 4.54. The Morgan fingerprint density at radius 1 is 0.886 bits per heavy atom. The monoisotopic (exact) mass is 492 g/mol. The summed E-state index contributed by atoms with van der Waals surface area (Å²) in [5, 5.41) is 10.5. The van der Waals surface area contributed by atoms with Crippen LogP contribution in [0.1, 0.15) is 59.4 Å². The number of rotatable bonds is 13. The van der Waals surface area contributed by atoms with Gasteiger partial charge in [0.1, 0.15) is 24.8 Å². The van der Waals surface area contributed by atoms with Crippen LogP contribution in [0.3, 0.4) is 0 Å². The van der Waals surface area contributed by atoms with E-state index in [0.717, 1.165) is 5.56 Å². The molecule has 1 atom stereocenters. The quantitative estimate of drug-likeness (QED) is 0.313. The lowest BCUT2D eigenvalue weighted by molar-refractivity contribution is -0.128. The molecule has 1 aromatic carbocycles. The SMILES string of the molecule is CC(C)C[C@H](NC(=O)CNC(=O)OCc1ccccc1)C(=O)NCCCCNC(=O)OC(C)(C)C. The zero-order valence-electron chi connectivity index (χ0n) is 21.4. The highest BCUT2D eigenvalue weighted by molar-refractivity contribution is 5.89. The van der Waals surface area contributed by atoms with Gasteiger partial charge in [0, 0.05) is 13.1 Å². The summed E-state index contributed by atoms with van der Waals surface area (Å²) in [5.41, 5.74) is 0.285. The van der Waals surface area contributed by atoms with Gasteiger partial charge in [-0.05, 0) is 51.5 Å². The Hall–Kier alpha value is -3.30. The molecule has 35 heavy (non-hydrogen) atoms. The standard InChI is InChI=1S/C25H40N4O6/c1-18(2)15-20(22(31)26-13-9-10-14-27-24(33)35-25(3,4)5)29-21(30)16-28-23(32)34-17-19-11-7-6-8-12-19/h6-8,11-12,18,20H,9-10,13-17H2,1-5H3,(H,26,31)(H,27,33)(H,28,32)(H,29,30)/t20-/m0/s1. The van der Waals surface area contributed by atoms with Crippen molar-refractivity contribution in [2.75, 3.05) is 19.6 Å². The fourth-order valence-corrected chi connectivity index (χ4v) is 2.96. The van der Waals surface area contributed by atoms with E-state index < -0.39 is 29.7 Å². The van der Waals surface area contributed by atoms with E-state index in [0.29, 0.717) is 32.4 Å². The zero-order valence-corrected chi connectivity index (χ0v) is 21.4. The molecule has 0 fully saturated rings. The highest BCUT2D eigenvalue weighted by Crippen LogP contribution is 2.07. The van der Waals surface area contributed by atoms with Gasteiger partial charge in [0.2, 0.25) is 11.8 Å². The van der Waals surface area contributed by atoms with Crippen LogP contribution in [-0.4, -0.2) is 55.3 Å². The molecule has 10 nitrogen and oxygen atoms in total. The second-order valence-electron chi connectivity index (χ2n) is 9.59. The van der Waals surface area contributed by atoms with Gasteiger partial charge in [-0.3, -0.25) is 9.59 Å². The molecule has 0 radical (unpaired) electrons. The van der Waals surface area contributed by atoms with Crippen LogP contribution in [0.2, 0.25) is 0 Å². The van der Waals surface area contributed by atoms with Gasteiger partial charge >= 0.3 is 12.2 Å². The summed E-state index contributed by atoms with van der Waals surface area (Å²) in [5.74, 6) is -0.601. The Morgan fingerprint density at radius 2 is 1.51 bits per heavy atom. The molecular weight excluding hydrogens is 452 g/mol. The number of benzene rings is 1. The minimum Gasteiger partial charge on any atom is -0.445 e. The molecule has 1 rings (SSSR count). The van der Waals surface area contributed by atoms with Crippen LogP contribution >= 0.6 is 0 Å². The smallest absolute Gasteiger partial charge is 0.407 e. The molecule has 0 aromatic heterocycles. The summed E-state index contributed by atoms with van der Waals surface area (Å²) in [6.45, 7) is 9.92. The van der Waals surface area contributed by atoms with Gasteiger partial charge in [0.25, 0.3) is 0 Å². The molecule has 0 heterocycles. The highest BCUT2D eigenvalue weighted by Gasteiger charge is 2.22. The van der Waals surface area contributed by atoms with Crippen molar-refractivity contribution in [3.8, 4) is 0 Å². The third-order valence-electron chi connectivity index (χ3n) is 4.54. The number of carbonyl (C=O) groups excluding carboxylic acids is 4. The van der Waals surface area contributed by atoms with Crippen molar-refractivity contribution in [2.24, 2.45) is 5.92 Å². The Labute approximate surface area is 207 Å². The number of unbranched alkanes of at least 4 members (excludes halogenated alkanes) is 1. The summed E-state index contributed by atoms with van der Waals surface area (Å²) in [6, 6.07) is 8.47. The first-order valence-electron chi connectivity index (χ1n) is 11.9. The molecule has 0 spiro atoms. The maximum Gasteiger partial charge on any atom is 0.407 e. The van der Waals surface area contributed by atoms with Crippen LogP contribution < -0.4 is 21.3 Å². The van der Waals surface area contributed by atoms with Crippen molar-refractivity contribution in [2.45, 2.75) is 72.1 Å². The third kappa shape index (κ3) is 15.3. The Kier molecular flexibility index (Phi) is 13.2. The summed E-state index contributed by atoms with van der Waals surface area (Å²) in [6.07, 6.45) is 0.581. The van der Waals surface area contributed by atoms with Gasteiger partial charge in [0.15, 0.2) is 0 Å². The highest BCUT2D eigenvalue weighted by atomic mass is 16.6. The second kappa shape index (κ2) is 15.6. The second-order valence-corrected chi connectivity index (χ2v) is 9.59. The van der Waals surface area contributed by atoms with Crippen molar-refractivity contribution in [3.05, 3.63) is 35.9 Å². The molecular formula is C25H40N4O6. The van der Waals surface area contributed by atoms with Crippen molar-refractivity contribution < 1.29 is 28.7 Å². The van der Waals surface area contributed by atoms with Crippen molar-refractivity contribution in [3.63, 3.8) is 0 Å². The number of amides is 4. The fraction of sp³-hybridized carbons (Fsp3) is 0.600. The lowest BCUT2D eigenvalue weighted by Gasteiger charge is -2.20. The molecule has 0 bridgehead atoms. The number of ether oxygens (including phenoxy) is 2. The summed E-state index contributed by atoms with van der Waals surface area (Å²) in [7, 11) is 0. The summed E-state index contributed by atoms with van der Waals surface area (Å²) < 4.78 is 10.2. The molecule has 0 saturated heterocycles. The topological polar surface area (TPSA) is 135 Å². The van der Waals surface area contributed by atoms with Gasteiger partial charge in [0.05, 0.1) is 0 Å². The maximum absolute atomic E-state index is 12.6. The van der Waals surface area contributed by atoms with E-state index in [2.05, 4.69) is 21.3 Å². The average Bonchev–Trinajstić information content (AvgIpc) is 2.77. The maximum atomic E-state index is 12.6. The number of hydrogen-bond acceptors (Lipinski definition) is 6. The van der Waals surface area contributed by atoms with Crippen molar-refractivity contribution in [1.82, 2.24) is 21.3 Å². The lowest BCUT2D eigenvalue weighted by atomic mass is 10.0. The van der Waals surface area contributed by atoms with Gasteiger partial charge in [-0.15, -0.1) is 0 Å². The zero-order chi connectivity index (χ0) is 26.3. The predicted octanol–water partition coefficient (Wildman–Crippen LogP) is 2.86. The number of alkyl carbamates (subject to hydrolysis) is 2. The minimum absolute atomic E-state index is 0.0972. The Balaban J connectivity index is 2.32. The molecule has 10 heteroatoms. The van der Waals surface area contributed by atoms with Crippen LogP contribution in [0.15, 0.2) is 30.3 Å². The molecule has 0 saturated carbocycles. The minimum atomic E-state index is -0.718. The molecule has 1 aromatic rings. The molecule has 0 aliphatic heterocycles. The van der Waals surface area contributed by atoms with E-state index in [9.17, 15) is 19.2 Å². The molecule has 0 unspecified atom stereocenters. The molecule has 196 valence electrons. The van der Waals surface area contributed by atoms with Gasteiger partial charge in [-0.1, -0.05) is 44.2 Å². The van der Waals surface area contributed by atoms with E-state index in [4.69, 9.17) is 9.47 Å². The van der Waals surface area contributed by atoms with Crippen LogP contribution in [0, 0.1) is 5.92 Å². The van der Waals surface area contributed by atoms with E-state index in [1.807, 2.05) is 44.2 Å². The predicted molar refractivity (Wildman–Crippen MR) is 132 cm³/mol. The van der Waals surface area contributed by atoms with E-state index in [1.54, 1.807) is 20.8 Å². The van der Waals surface area contributed by atoms with Crippen LogP contribution in [-0.2, 0) is 25.7 Å². The van der Waals surface area contributed by atoms with Crippen molar-refractivity contribution in [1.29, 1.82) is 0 Å². The van der Waals surface area contributed by atoms with Crippen LogP contribution in [0.4, 0.5) is 9.59 Å².